The van der Waals surface area contributed by atoms with Crippen molar-refractivity contribution in [3.8, 4) is 0 Å². The van der Waals surface area contributed by atoms with Crippen LogP contribution in [-0.2, 0) is 16.1 Å². The van der Waals surface area contributed by atoms with Crippen molar-refractivity contribution in [2.24, 2.45) is 11.1 Å². The quantitative estimate of drug-likeness (QED) is 0.811. The van der Waals surface area contributed by atoms with Gasteiger partial charge in [0.05, 0.1) is 17.0 Å². The number of nitrogens with one attached hydrogen (secondary N) is 1. The van der Waals surface area contributed by atoms with Gasteiger partial charge in [-0.1, -0.05) is 30.8 Å². The zero-order valence-electron chi connectivity index (χ0n) is 10.9. The Hall–Kier alpha value is -1.46. The highest BCUT2D eigenvalue weighted by Crippen LogP contribution is 2.42. The normalized spacial score (nSPS) is 16.5. The van der Waals surface area contributed by atoms with Crippen molar-refractivity contribution < 1.29 is 9.53 Å². The fraction of sp³-hybridized carbons (Fsp3) is 0.429. The summed E-state index contributed by atoms with van der Waals surface area (Å²) in [4.78, 5) is 12.6. The maximum Gasteiger partial charge on any atom is 0.237 e. The predicted octanol–water partition coefficient (Wildman–Crippen LogP) is 2.23. The third-order valence-corrected chi connectivity index (χ3v) is 4.00. The molecule has 19 heavy (non-hydrogen) atoms. The summed E-state index contributed by atoms with van der Waals surface area (Å²) in [7, 11) is 1.64. The lowest BCUT2D eigenvalue weighted by atomic mass is 9.68. The molecule has 0 atom stereocenters. The number of methoxy groups -OCH3 is 1. The van der Waals surface area contributed by atoms with Gasteiger partial charge >= 0.3 is 0 Å². The number of thiocarbonyl (C=S) groups is 1. The molecule has 1 saturated carbocycles. The molecule has 0 bridgehead atoms. The lowest BCUT2D eigenvalue weighted by molar-refractivity contribution is -0.125. The Balaban J connectivity index is 2.10. The van der Waals surface area contributed by atoms with Crippen molar-refractivity contribution in [2.45, 2.75) is 25.9 Å². The largest absolute Gasteiger partial charge is 0.392 e. The minimum absolute atomic E-state index is 0.0965. The van der Waals surface area contributed by atoms with Gasteiger partial charge in [0.1, 0.15) is 0 Å². The molecule has 3 N–H and O–H groups in total. The van der Waals surface area contributed by atoms with Gasteiger partial charge in [-0.05, 0) is 30.5 Å². The summed E-state index contributed by atoms with van der Waals surface area (Å²) in [5.74, 6) is -0.0965. The van der Waals surface area contributed by atoms with E-state index < -0.39 is 5.41 Å². The molecule has 1 aromatic rings. The Bertz CT molecular complexity index is 498. The summed E-state index contributed by atoms with van der Waals surface area (Å²) in [6, 6.07) is 7.58. The van der Waals surface area contributed by atoms with Crippen LogP contribution in [0.1, 0.15) is 24.8 Å². The third-order valence-electron chi connectivity index (χ3n) is 3.61. The van der Waals surface area contributed by atoms with Crippen LogP contribution in [0.5, 0.6) is 0 Å². The number of rotatable bonds is 5. The van der Waals surface area contributed by atoms with Gasteiger partial charge in [-0.2, -0.15) is 0 Å². The Morgan fingerprint density at radius 3 is 2.79 bits per heavy atom. The average Bonchev–Trinajstić information content (AvgIpc) is 2.27. The summed E-state index contributed by atoms with van der Waals surface area (Å²) in [5, 5.41) is 2.90. The molecule has 2 rings (SSSR count). The Morgan fingerprint density at radius 1 is 1.53 bits per heavy atom. The number of amides is 1. The second-order valence-electron chi connectivity index (χ2n) is 4.89. The van der Waals surface area contributed by atoms with E-state index in [-0.39, 0.29) is 5.91 Å². The molecular weight excluding hydrogens is 260 g/mol. The smallest absolute Gasteiger partial charge is 0.237 e. The number of benzene rings is 1. The Kier molecular flexibility index (Phi) is 4.17. The SMILES string of the molecule is COCc1cccc(NC(=O)C2(C(N)=S)CCC2)c1. The summed E-state index contributed by atoms with van der Waals surface area (Å²) in [6.07, 6.45) is 2.48. The molecule has 1 aliphatic carbocycles. The van der Waals surface area contributed by atoms with Crippen LogP contribution >= 0.6 is 12.2 Å². The molecule has 4 nitrogen and oxygen atoms in total. The van der Waals surface area contributed by atoms with E-state index in [1.807, 2.05) is 24.3 Å². The lowest BCUT2D eigenvalue weighted by Crippen LogP contribution is -2.50. The van der Waals surface area contributed by atoms with Crippen molar-refractivity contribution in [1.29, 1.82) is 0 Å². The number of nitrogens with two attached hydrogens (primary N) is 1. The molecule has 1 amide bonds. The first-order chi connectivity index (χ1) is 9.08. The van der Waals surface area contributed by atoms with Gasteiger partial charge in [0, 0.05) is 12.8 Å². The van der Waals surface area contributed by atoms with Crippen LogP contribution in [0.2, 0.25) is 0 Å². The summed E-state index contributed by atoms with van der Waals surface area (Å²) in [5.41, 5.74) is 6.83. The molecule has 0 saturated heterocycles. The first-order valence-corrected chi connectivity index (χ1v) is 6.68. The first kappa shape index (κ1) is 14.0. The number of carbonyl (C=O) groups is 1. The van der Waals surface area contributed by atoms with Crippen molar-refractivity contribution in [3.05, 3.63) is 29.8 Å². The molecule has 0 heterocycles. The van der Waals surface area contributed by atoms with Gasteiger partial charge in [-0.15, -0.1) is 0 Å². The van der Waals surface area contributed by atoms with E-state index in [2.05, 4.69) is 5.32 Å². The fourth-order valence-electron chi connectivity index (χ4n) is 2.27. The summed E-state index contributed by atoms with van der Waals surface area (Å²) >= 11 is 5.04. The van der Waals surface area contributed by atoms with E-state index in [9.17, 15) is 4.79 Å². The van der Waals surface area contributed by atoms with Gasteiger partial charge in [0.2, 0.25) is 5.91 Å². The average molecular weight is 278 g/mol. The number of ether oxygens (including phenoxy) is 1. The maximum atomic E-state index is 12.3. The molecule has 0 spiro atoms. The van der Waals surface area contributed by atoms with E-state index in [1.54, 1.807) is 7.11 Å². The van der Waals surface area contributed by atoms with Crippen LogP contribution in [0, 0.1) is 5.41 Å². The van der Waals surface area contributed by atoms with Crippen molar-refractivity contribution in [3.63, 3.8) is 0 Å². The minimum atomic E-state index is -0.646. The monoisotopic (exact) mass is 278 g/mol. The highest BCUT2D eigenvalue weighted by atomic mass is 32.1. The van der Waals surface area contributed by atoms with Gasteiger partial charge < -0.3 is 15.8 Å². The van der Waals surface area contributed by atoms with Crippen molar-refractivity contribution >= 4 is 28.8 Å². The molecular formula is C14H18N2O2S. The summed E-state index contributed by atoms with van der Waals surface area (Å²) < 4.78 is 5.07. The second kappa shape index (κ2) is 5.67. The van der Waals surface area contributed by atoms with E-state index >= 15 is 0 Å². The number of hydrogen-bond donors (Lipinski definition) is 2. The van der Waals surface area contributed by atoms with E-state index in [0.29, 0.717) is 11.6 Å². The van der Waals surface area contributed by atoms with E-state index in [1.165, 1.54) is 0 Å². The predicted molar refractivity (Wildman–Crippen MR) is 78.9 cm³/mol. The minimum Gasteiger partial charge on any atom is -0.392 e. The zero-order chi connectivity index (χ0) is 13.9. The van der Waals surface area contributed by atoms with Crippen molar-refractivity contribution in [1.82, 2.24) is 0 Å². The standard InChI is InChI=1S/C14H18N2O2S/c1-18-9-10-4-2-5-11(8-10)16-13(17)14(12(15)19)6-3-7-14/h2,4-5,8H,3,6-7,9H2,1H3,(H2,15,19)(H,16,17). The van der Waals surface area contributed by atoms with Crippen LogP contribution in [0.4, 0.5) is 5.69 Å². The van der Waals surface area contributed by atoms with E-state index in [4.69, 9.17) is 22.7 Å². The van der Waals surface area contributed by atoms with Crippen LogP contribution < -0.4 is 11.1 Å². The van der Waals surface area contributed by atoms with Crippen LogP contribution in [0.15, 0.2) is 24.3 Å². The number of hydrogen-bond acceptors (Lipinski definition) is 3. The number of anilines is 1. The zero-order valence-corrected chi connectivity index (χ0v) is 11.8. The van der Waals surface area contributed by atoms with Crippen LogP contribution in [0.3, 0.4) is 0 Å². The van der Waals surface area contributed by atoms with Crippen LogP contribution in [-0.4, -0.2) is 18.0 Å². The second-order valence-corrected chi connectivity index (χ2v) is 5.33. The molecule has 0 radical (unpaired) electrons. The number of carbonyl (C=O) groups excluding carboxylic acids is 1. The van der Waals surface area contributed by atoms with Gasteiger partial charge in [0.15, 0.2) is 0 Å². The Labute approximate surface area is 118 Å². The third kappa shape index (κ3) is 2.77. The van der Waals surface area contributed by atoms with E-state index in [0.717, 1.165) is 30.5 Å². The maximum absolute atomic E-state index is 12.3. The molecule has 102 valence electrons. The Morgan fingerprint density at radius 2 is 2.26 bits per heavy atom. The highest BCUT2D eigenvalue weighted by molar-refractivity contribution is 7.80. The first-order valence-electron chi connectivity index (χ1n) is 6.28. The molecule has 1 aromatic carbocycles. The molecule has 0 unspecified atom stereocenters. The molecule has 1 aliphatic rings. The van der Waals surface area contributed by atoms with Gasteiger partial charge in [-0.3, -0.25) is 4.79 Å². The van der Waals surface area contributed by atoms with Gasteiger partial charge in [-0.25, -0.2) is 0 Å². The molecule has 1 fully saturated rings. The lowest BCUT2D eigenvalue weighted by Gasteiger charge is -2.39. The fourth-order valence-corrected chi connectivity index (χ4v) is 2.57. The van der Waals surface area contributed by atoms with Crippen molar-refractivity contribution in [2.75, 3.05) is 12.4 Å². The van der Waals surface area contributed by atoms with Crippen LogP contribution in [0.25, 0.3) is 0 Å². The topological polar surface area (TPSA) is 64.3 Å². The molecule has 5 heteroatoms. The van der Waals surface area contributed by atoms with Gasteiger partial charge in [0.25, 0.3) is 0 Å². The summed E-state index contributed by atoms with van der Waals surface area (Å²) in [6.45, 7) is 0.518. The molecule has 0 aliphatic heterocycles. The highest BCUT2D eigenvalue weighted by Gasteiger charge is 2.46. The molecule has 0 aromatic heterocycles.